The molecule has 0 amide bonds. The van der Waals surface area contributed by atoms with E-state index in [2.05, 4.69) is 45.0 Å². The van der Waals surface area contributed by atoms with Crippen LogP contribution in [0.1, 0.15) is 59.8 Å². The Kier molecular flexibility index (Phi) is 7.38. The van der Waals surface area contributed by atoms with Gasteiger partial charge in [-0.05, 0) is 63.1 Å². The molecule has 0 aromatic rings. The molecule has 1 rings (SSSR count). The van der Waals surface area contributed by atoms with Gasteiger partial charge in [-0.15, -0.1) is 0 Å². The average molecular weight is 268 g/mol. The summed E-state index contributed by atoms with van der Waals surface area (Å²) in [4.78, 5) is 2.73. The molecule has 0 aromatic heterocycles. The van der Waals surface area contributed by atoms with Crippen LogP contribution in [0.15, 0.2) is 0 Å². The Morgan fingerprint density at radius 1 is 1.26 bits per heavy atom. The van der Waals surface area contributed by atoms with E-state index in [1.807, 2.05) is 0 Å². The zero-order valence-corrected chi connectivity index (χ0v) is 14.0. The predicted octanol–water partition coefficient (Wildman–Crippen LogP) is 3.77. The molecule has 1 aliphatic heterocycles. The highest BCUT2D eigenvalue weighted by Crippen LogP contribution is 2.28. The highest BCUT2D eigenvalue weighted by molar-refractivity contribution is 4.82. The Labute approximate surface area is 121 Å². The standard InChI is InChI=1S/C17H36N2/c1-6-10-17(4,13-18-5)14-19-11-7-8-16(9-12-19)15(2)3/h15-16,18H,6-14H2,1-5H3. The molecular formula is C17H36N2. The van der Waals surface area contributed by atoms with Gasteiger partial charge in [0.2, 0.25) is 0 Å². The van der Waals surface area contributed by atoms with Gasteiger partial charge in [-0.2, -0.15) is 0 Å². The van der Waals surface area contributed by atoms with Crippen molar-refractivity contribution in [3.63, 3.8) is 0 Å². The largest absolute Gasteiger partial charge is 0.319 e. The molecule has 2 heteroatoms. The summed E-state index contributed by atoms with van der Waals surface area (Å²) in [6.45, 7) is 14.6. The van der Waals surface area contributed by atoms with Gasteiger partial charge in [-0.25, -0.2) is 0 Å². The summed E-state index contributed by atoms with van der Waals surface area (Å²) >= 11 is 0. The lowest BCUT2D eigenvalue weighted by Crippen LogP contribution is -2.42. The number of hydrogen-bond donors (Lipinski definition) is 1. The Morgan fingerprint density at radius 3 is 2.58 bits per heavy atom. The maximum absolute atomic E-state index is 3.40. The molecule has 0 radical (unpaired) electrons. The molecule has 0 aliphatic carbocycles. The molecule has 1 heterocycles. The molecule has 0 spiro atoms. The topological polar surface area (TPSA) is 15.3 Å². The number of nitrogens with zero attached hydrogens (tertiary/aromatic N) is 1. The molecule has 2 unspecified atom stereocenters. The highest BCUT2D eigenvalue weighted by Gasteiger charge is 2.27. The molecule has 1 saturated heterocycles. The van der Waals surface area contributed by atoms with Crippen molar-refractivity contribution >= 4 is 0 Å². The predicted molar refractivity (Wildman–Crippen MR) is 85.6 cm³/mol. The van der Waals surface area contributed by atoms with Crippen LogP contribution in [0.5, 0.6) is 0 Å². The van der Waals surface area contributed by atoms with E-state index in [0.29, 0.717) is 5.41 Å². The molecule has 1 N–H and O–H groups in total. The Hall–Kier alpha value is -0.0800. The van der Waals surface area contributed by atoms with E-state index in [1.165, 1.54) is 51.7 Å². The second-order valence-corrected chi connectivity index (χ2v) is 7.30. The smallest absolute Gasteiger partial charge is 0.00475 e. The lowest BCUT2D eigenvalue weighted by atomic mass is 9.84. The van der Waals surface area contributed by atoms with E-state index in [9.17, 15) is 0 Å². The van der Waals surface area contributed by atoms with Crippen LogP contribution in [-0.4, -0.2) is 38.1 Å². The molecule has 0 saturated carbocycles. The molecule has 0 aromatic carbocycles. The molecule has 0 bridgehead atoms. The molecule has 2 nitrogen and oxygen atoms in total. The van der Waals surface area contributed by atoms with Crippen molar-refractivity contribution in [2.45, 2.75) is 59.8 Å². The Morgan fingerprint density at radius 2 is 2.00 bits per heavy atom. The molecule has 19 heavy (non-hydrogen) atoms. The third-order valence-electron chi connectivity index (χ3n) is 4.87. The first kappa shape index (κ1) is 17.0. The first-order valence-electron chi connectivity index (χ1n) is 8.37. The number of rotatable bonds is 7. The second-order valence-electron chi connectivity index (χ2n) is 7.30. The van der Waals surface area contributed by atoms with E-state index >= 15 is 0 Å². The van der Waals surface area contributed by atoms with Crippen LogP contribution in [-0.2, 0) is 0 Å². The fourth-order valence-corrected chi connectivity index (χ4v) is 3.80. The van der Waals surface area contributed by atoms with Gasteiger partial charge in [0, 0.05) is 13.1 Å². The Balaban J connectivity index is 2.50. The fourth-order valence-electron chi connectivity index (χ4n) is 3.80. The number of nitrogens with one attached hydrogen (secondary N) is 1. The molecule has 1 fully saturated rings. The van der Waals surface area contributed by atoms with Crippen molar-refractivity contribution in [1.82, 2.24) is 10.2 Å². The summed E-state index contributed by atoms with van der Waals surface area (Å²) < 4.78 is 0. The third-order valence-corrected chi connectivity index (χ3v) is 4.87. The van der Waals surface area contributed by atoms with Crippen LogP contribution in [0.3, 0.4) is 0 Å². The van der Waals surface area contributed by atoms with Gasteiger partial charge in [0.1, 0.15) is 0 Å². The van der Waals surface area contributed by atoms with Crippen molar-refractivity contribution in [3.8, 4) is 0 Å². The molecule has 114 valence electrons. The monoisotopic (exact) mass is 268 g/mol. The summed E-state index contributed by atoms with van der Waals surface area (Å²) in [5.41, 5.74) is 0.446. The van der Waals surface area contributed by atoms with Crippen LogP contribution < -0.4 is 5.32 Å². The summed E-state index contributed by atoms with van der Waals surface area (Å²) in [5.74, 6) is 1.81. The lowest BCUT2D eigenvalue weighted by molar-refractivity contribution is 0.153. The first-order chi connectivity index (χ1) is 9.00. The number of hydrogen-bond acceptors (Lipinski definition) is 2. The van der Waals surface area contributed by atoms with Gasteiger partial charge < -0.3 is 10.2 Å². The van der Waals surface area contributed by atoms with Gasteiger partial charge in [0.05, 0.1) is 0 Å². The van der Waals surface area contributed by atoms with Crippen LogP contribution in [0.2, 0.25) is 0 Å². The second kappa shape index (κ2) is 8.26. The summed E-state index contributed by atoms with van der Waals surface area (Å²) in [5, 5.41) is 3.40. The van der Waals surface area contributed by atoms with Crippen molar-refractivity contribution in [2.75, 3.05) is 33.2 Å². The van der Waals surface area contributed by atoms with Crippen molar-refractivity contribution in [1.29, 1.82) is 0 Å². The van der Waals surface area contributed by atoms with Gasteiger partial charge in [-0.1, -0.05) is 34.1 Å². The minimum atomic E-state index is 0.446. The van der Waals surface area contributed by atoms with E-state index in [0.717, 1.165) is 18.4 Å². The molecule has 1 aliphatic rings. The SMILES string of the molecule is CCCC(C)(CNC)CN1CCCC(C(C)C)CC1. The van der Waals surface area contributed by atoms with E-state index < -0.39 is 0 Å². The fraction of sp³-hybridized carbons (Fsp3) is 1.00. The maximum Gasteiger partial charge on any atom is 0.00475 e. The van der Waals surface area contributed by atoms with E-state index in [-0.39, 0.29) is 0 Å². The van der Waals surface area contributed by atoms with Crippen LogP contribution in [0, 0.1) is 17.3 Å². The Bertz CT molecular complexity index is 231. The van der Waals surface area contributed by atoms with E-state index in [1.54, 1.807) is 0 Å². The summed E-state index contributed by atoms with van der Waals surface area (Å²) in [6.07, 6.45) is 6.85. The normalized spacial score (nSPS) is 25.3. The lowest BCUT2D eigenvalue weighted by Gasteiger charge is -2.35. The average Bonchev–Trinajstić information content (AvgIpc) is 2.55. The van der Waals surface area contributed by atoms with Gasteiger partial charge in [-0.3, -0.25) is 0 Å². The van der Waals surface area contributed by atoms with E-state index in [4.69, 9.17) is 0 Å². The minimum absolute atomic E-state index is 0.446. The summed E-state index contributed by atoms with van der Waals surface area (Å²) in [7, 11) is 2.09. The van der Waals surface area contributed by atoms with Crippen molar-refractivity contribution in [2.24, 2.45) is 17.3 Å². The quantitative estimate of drug-likeness (QED) is 0.756. The third kappa shape index (κ3) is 5.83. The van der Waals surface area contributed by atoms with Gasteiger partial charge in [0.25, 0.3) is 0 Å². The van der Waals surface area contributed by atoms with Crippen molar-refractivity contribution < 1.29 is 0 Å². The zero-order chi connectivity index (χ0) is 14.3. The van der Waals surface area contributed by atoms with Crippen LogP contribution in [0.25, 0.3) is 0 Å². The van der Waals surface area contributed by atoms with Crippen molar-refractivity contribution in [3.05, 3.63) is 0 Å². The summed E-state index contributed by atoms with van der Waals surface area (Å²) in [6, 6.07) is 0. The molecular weight excluding hydrogens is 232 g/mol. The first-order valence-corrected chi connectivity index (χ1v) is 8.37. The van der Waals surface area contributed by atoms with Gasteiger partial charge in [0.15, 0.2) is 0 Å². The zero-order valence-electron chi connectivity index (χ0n) is 14.0. The highest BCUT2D eigenvalue weighted by atomic mass is 15.1. The minimum Gasteiger partial charge on any atom is -0.319 e. The molecule has 2 atom stereocenters. The maximum atomic E-state index is 3.40. The van der Waals surface area contributed by atoms with Crippen LogP contribution >= 0.6 is 0 Å². The number of likely N-dealkylation sites (tertiary alicyclic amines) is 1. The van der Waals surface area contributed by atoms with Gasteiger partial charge >= 0.3 is 0 Å². The van der Waals surface area contributed by atoms with Crippen LogP contribution in [0.4, 0.5) is 0 Å².